The number of nitrogens with zero attached hydrogens (tertiary/aromatic N) is 1. The number of likely N-dealkylation sites (tertiary alicyclic amines) is 1. The number of anilines is 1. The van der Waals surface area contributed by atoms with Crippen LogP contribution in [-0.2, 0) is 4.74 Å². The van der Waals surface area contributed by atoms with Crippen LogP contribution in [0.2, 0.25) is 0 Å². The van der Waals surface area contributed by atoms with Crippen molar-refractivity contribution in [2.45, 2.75) is 27.2 Å². The Labute approximate surface area is 153 Å². The van der Waals surface area contributed by atoms with Crippen molar-refractivity contribution in [3.63, 3.8) is 0 Å². The van der Waals surface area contributed by atoms with E-state index in [2.05, 4.69) is 29.0 Å². The van der Waals surface area contributed by atoms with Gasteiger partial charge in [0.15, 0.2) is 5.11 Å². The molecule has 3 rings (SSSR count). The molecule has 0 radical (unpaired) electrons. The summed E-state index contributed by atoms with van der Waals surface area (Å²) in [6.45, 7) is 8.51. The fourth-order valence-corrected chi connectivity index (χ4v) is 3.89. The summed E-state index contributed by atoms with van der Waals surface area (Å²) in [5.41, 5.74) is 2.00. The number of rotatable bonds is 3. The van der Waals surface area contributed by atoms with E-state index in [1.807, 2.05) is 24.3 Å². The number of nitrogens with one attached hydrogen (secondary N) is 2. The molecular formula is C19H25N3O2S. The van der Waals surface area contributed by atoms with Gasteiger partial charge in [0.25, 0.3) is 0 Å². The van der Waals surface area contributed by atoms with Gasteiger partial charge in [0.05, 0.1) is 12.3 Å². The standard InChI is InChI=1S/C19H25N3O2S/c1-4-24-18(23)17-16(14-7-5-6-8-15(14)20-17)21-19(25)22-10-12(2)9-13(3)11-22/h5-8,12-13,20H,4,9-11H2,1-3H3,(H,21,25). The second-order valence-electron chi connectivity index (χ2n) is 6.92. The van der Waals surface area contributed by atoms with Crippen molar-refractivity contribution >= 4 is 39.9 Å². The van der Waals surface area contributed by atoms with E-state index in [9.17, 15) is 4.79 Å². The number of carbonyl (C=O) groups excluding carboxylic acids is 1. The number of fused-ring (bicyclic) bond motifs is 1. The molecule has 5 nitrogen and oxygen atoms in total. The van der Waals surface area contributed by atoms with Crippen LogP contribution >= 0.6 is 12.2 Å². The van der Waals surface area contributed by atoms with Gasteiger partial charge in [0, 0.05) is 24.0 Å². The zero-order valence-electron chi connectivity index (χ0n) is 15.0. The number of esters is 1. The summed E-state index contributed by atoms with van der Waals surface area (Å²) in [5.74, 6) is 0.844. The Balaban J connectivity index is 1.90. The van der Waals surface area contributed by atoms with E-state index in [1.54, 1.807) is 6.92 Å². The lowest BCUT2D eigenvalue weighted by Gasteiger charge is -2.36. The number of aromatic nitrogens is 1. The van der Waals surface area contributed by atoms with E-state index in [-0.39, 0.29) is 5.97 Å². The van der Waals surface area contributed by atoms with E-state index in [1.165, 1.54) is 6.42 Å². The summed E-state index contributed by atoms with van der Waals surface area (Å²) in [6.07, 6.45) is 1.22. The van der Waals surface area contributed by atoms with Gasteiger partial charge < -0.3 is 19.9 Å². The van der Waals surface area contributed by atoms with E-state index in [4.69, 9.17) is 17.0 Å². The first kappa shape index (κ1) is 17.7. The lowest BCUT2D eigenvalue weighted by atomic mass is 9.92. The quantitative estimate of drug-likeness (QED) is 0.640. The van der Waals surface area contributed by atoms with Gasteiger partial charge in [-0.15, -0.1) is 0 Å². The van der Waals surface area contributed by atoms with Crippen molar-refractivity contribution in [2.24, 2.45) is 11.8 Å². The Morgan fingerprint density at radius 2 is 2.00 bits per heavy atom. The van der Waals surface area contributed by atoms with Crippen LogP contribution in [0.1, 0.15) is 37.7 Å². The van der Waals surface area contributed by atoms with Crippen LogP contribution in [0.15, 0.2) is 24.3 Å². The first-order valence-electron chi connectivity index (χ1n) is 8.83. The van der Waals surface area contributed by atoms with Crippen LogP contribution in [0.3, 0.4) is 0 Å². The SMILES string of the molecule is CCOC(=O)c1[nH]c2ccccc2c1NC(=S)N1CC(C)CC(C)C1. The molecule has 2 heterocycles. The van der Waals surface area contributed by atoms with Crippen molar-refractivity contribution in [3.8, 4) is 0 Å². The third-order valence-electron chi connectivity index (χ3n) is 4.57. The summed E-state index contributed by atoms with van der Waals surface area (Å²) in [4.78, 5) is 17.7. The first-order chi connectivity index (χ1) is 12.0. The Morgan fingerprint density at radius 1 is 1.32 bits per heavy atom. The number of carbonyl (C=O) groups is 1. The molecule has 0 aliphatic carbocycles. The van der Waals surface area contributed by atoms with E-state index >= 15 is 0 Å². The van der Waals surface area contributed by atoms with Gasteiger partial charge in [0.1, 0.15) is 5.69 Å². The number of para-hydroxylation sites is 1. The lowest BCUT2D eigenvalue weighted by molar-refractivity contribution is 0.0522. The zero-order chi connectivity index (χ0) is 18.0. The zero-order valence-corrected chi connectivity index (χ0v) is 15.8. The molecule has 0 bridgehead atoms. The molecule has 1 saturated heterocycles. The number of ether oxygens (including phenoxy) is 1. The molecule has 2 aromatic rings. The van der Waals surface area contributed by atoms with Crippen LogP contribution in [0.4, 0.5) is 5.69 Å². The van der Waals surface area contributed by atoms with E-state index < -0.39 is 0 Å². The fourth-order valence-electron chi connectivity index (χ4n) is 3.64. The summed E-state index contributed by atoms with van der Waals surface area (Å²) in [5, 5.41) is 4.91. The second-order valence-corrected chi connectivity index (χ2v) is 7.31. The van der Waals surface area contributed by atoms with Gasteiger partial charge in [-0.3, -0.25) is 0 Å². The molecule has 1 aromatic heterocycles. The minimum atomic E-state index is -0.371. The Hall–Kier alpha value is -2.08. The number of thiocarbonyl (C=S) groups is 1. The second kappa shape index (κ2) is 7.44. The monoisotopic (exact) mass is 359 g/mol. The number of piperidine rings is 1. The van der Waals surface area contributed by atoms with Crippen LogP contribution in [0.25, 0.3) is 10.9 Å². The fraction of sp³-hybridized carbons (Fsp3) is 0.474. The van der Waals surface area contributed by atoms with Crippen LogP contribution in [-0.4, -0.2) is 40.7 Å². The number of aromatic amines is 1. The molecule has 25 heavy (non-hydrogen) atoms. The Bertz CT molecular complexity index is 776. The maximum absolute atomic E-state index is 12.3. The highest BCUT2D eigenvalue weighted by atomic mass is 32.1. The molecule has 1 aliphatic rings. The van der Waals surface area contributed by atoms with E-state index in [0.717, 1.165) is 24.0 Å². The lowest BCUT2D eigenvalue weighted by Crippen LogP contribution is -2.44. The number of hydrogen-bond donors (Lipinski definition) is 2. The van der Waals surface area contributed by atoms with Gasteiger partial charge >= 0.3 is 5.97 Å². The molecule has 1 aromatic carbocycles. The number of benzene rings is 1. The molecule has 0 spiro atoms. The molecular weight excluding hydrogens is 334 g/mol. The summed E-state index contributed by atoms with van der Waals surface area (Å²) in [6, 6.07) is 7.80. The average Bonchev–Trinajstić information content (AvgIpc) is 2.93. The maximum Gasteiger partial charge on any atom is 0.356 e. The summed E-state index contributed by atoms with van der Waals surface area (Å²) < 4.78 is 5.19. The summed E-state index contributed by atoms with van der Waals surface area (Å²) in [7, 11) is 0. The van der Waals surface area contributed by atoms with Gasteiger partial charge in [-0.05, 0) is 43.5 Å². The van der Waals surface area contributed by atoms with Crippen LogP contribution < -0.4 is 5.32 Å². The highest BCUT2D eigenvalue weighted by Crippen LogP contribution is 2.29. The largest absolute Gasteiger partial charge is 0.461 e. The smallest absolute Gasteiger partial charge is 0.356 e. The molecule has 134 valence electrons. The molecule has 1 fully saturated rings. The number of H-pyrrole nitrogens is 1. The van der Waals surface area contributed by atoms with Gasteiger partial charge in [-0.1, -0.05) is 32.0 Å². The van der Waals surface area contributed by atoms with Crippen LogP contribution in [0.5, 0.6) is 0 Å². The third-order valence-corrected chi connectivity index (χ3v) is 4.93. The molecule has 2 atom stereocenters. The maximum atomic E-state index is 12.3. The minimum Gasteiger partial charge on any atom is -0.461 e. The molecule has 0 saturated carbocycles. The Kier molecular flexibility index (Phi) is 5.27. The molecule has 1 aliphatic heterocycles. The first-order valence-corrected chi connectivity index (χ1v) is 9.24. The minimum absolute atomic E-state index is 0.333. The van der Waals surface area contributed by atoms with E-state index in [0.29, 0.717) is 34.9 Å². The summed E-state index contributed by atoms with van der Waals surface area (Å²) >= 11 is 5.65. The molecule has 6 heteroatoms. The van der Waals surface area contributed by atoms with Crippen molar-refractivity contribution in [1.82, 2.24) is 9.88 Å². The van der Waals surface area contributed by atoms with Crippen molar-refractivity contribution in [1.29, 1.82) is 0 Å². The molecule has 0 amide bonds. The highest BCUT2D eigenvalue weighted by molar-refractivity contribution is 7.80. The van der Waals surface area contributed by atoms with Crippen LogP contribution in [0, 0.1) is 11.8 Å². The van der Waals surface area contributed by atoms with Crippen molar-refractivity contribution < 1.29 is 9.53 Å². The van der Waals surface area contributed by atoms with Crippen molar-refractivity contribution in [2.75, 3.05) is 25.0 Å². The average molecular weight is 359 g/mol. The Morgan fingerprint density at radius 3 is 2.68 bits per heavy atom. The third kappa shape index (κ3) is 3.79. The number of hydrogen-bond acceptors (Lipinski definition) is 3. The van der Waals surface area contributed by atoms with Gasteiger partial charge in [-0.2, -0.15) is 0 Å². The normalized spacial score (nSPS) is 20.5. The van der Waals surface area contributed by atoms with Crippen molar-refractivity contribution in [3.05, 3.63) is 30.0 Å². The highest BCUT2D eigenvalue weighted by Gasteiger charge is 2.26. The predicted molar refractivity (Wildman–Crippen MR) is 105 cm³/mol. The topological polar surface area (TPSA) is 57.4 Å². The molecule has 2 N–H and O–H groups in total. The molecule has 2 unspecified atom stereocenters. The predicted octanol–water partition coefficient (Wildman–Crippen LogP) is 4.02. The van der Waals surface area contributed by atoms with Gasteiger partial charge in [0.2, 0.25) is 0 Å². The van der Waals surface area contributed by atoms with Gasteiger partial charge in [-0.25, -0.2) is 4.79 Å².